The van der Waals surface area contributed by atoms with Gasteiger partial charge in [-0.25, -0.2) is 0 Å². The number of rotatable bonds is 8. The van der Waals surface area contributed by atoms with Gasteiger partial charge in [0.15, 0.2) is 0 Å². The zero-order chi connectivity index (χ0) is 20.6. The fraction of sp³-hybridized carbons (Fsp3) is 0.364. The number of amides is 2. The second-order valence-electron chi connectivity index (χ2n) is 6.85. The summed E-state index contributed by atoms with van der Waals surface area (Å²) in [6.07, 6.45) is 2.71. The lowest BCUT2D eigenvalue weighted by Crippen LogP contribution is -2.33. The molecule has 0 unspecified atom stereocenters. The van der Waals surface area contributed by atoms with Crippen LogP contribution in [0.1, 0.15) is 36.5 Å². The van der Waals surface area contributed by atoms with Crippen LogP contribution in [0.5, 0.6) is 0 Å². The van der Waals surface area contributed by atoms with Crippen LogP contribution in [0.2, 0.25) is 5.02 Å². The molecule has 0 saturated carbocycles. The lowest BCUT2D eigenvalue weighted by molar-refractivity contribution is -0.115. The van der Waals surface area contributed by atoms with Crippen LogP contribution in [0.15, 0.2) is 53.4 Å². The van der Waals surface area contributed by atoms with Crippen LogP contribution in [-0.2, 0) is 9.53 Å². The van der Waals surface area contributed by atoms with Crippen molar-refractivity contribution in [3.8, 4) is 0 Å². The molecule has 1 heterocycles. The normalized spacial score (nSPS) is 17.0. The highest BCUT2D eigenvalue weighted by molar-refractivity contribution is 8.00. The van der Waals surface area contributed by atoms with Crippen molar-refractivity contribution in [3.05, 3.63) is 59.1 Å². The molecule has 154 valence electrons. The zero-order valence-corrected chi connectivity index (χ0v) is 17.9. The number of carbonyl (C=O) groups excluding carboxylic acids is 2. The highest BCUT2D eigenvalue weighted by atomic mass is 35.5. The molecule has 2 aromatic carbocycles. The van der Waals surface area contributed by atoms with Gasteiger partial charge < -0.3 is 15.4 Å². The molecule has 1 fully saturated rings. The van der Waals surface area contributed by atoms with Crippen molar-refractivity contribution in [1.82, 2.24) is 5.32 Å². The van der Waals surface area contributed by atoms with Gasteiger partial charge in [0.1, 0.15) is 0 Å². The minimum atomic E-state index is -0.279. The fourth-order valence-electron chi connectivity index (χ4n) is 3.11. The van der Waals surface area contributed by atoms with Crippen LogP contribution in [0.25, 0.3) is 0 Å². The Kier molecular flexibility index (Phi) is 7.98. The summed E-state index contributed by atoms with van der Waals surface area (Å²) in [5.41, 5.74) is 0.961. The predicted molar refractivity (Wildman–Crippen MR) is 118 cm³/mol. The highest BCUT2D eigenvalue weighted by Crippen LogP contribution is 2.28. The number of hydrogen-bond acceptors (Lipinski definition) is 4. The Hall–Kier alpha value is -2.02. The van der Waals surface area contributed by atoms with E-state index in [-0.39, 0.29) is 23.2 Å². The second kappa shape index (κ2) is 10.7. The van der Waals surface area contributed by atoms with E-state index < -0.39 is 0 Å². The monoisotopic (exact) mass is 432 g/mol. The first-order valence-electron chi connectivity index (χ1n) is 9.78. The van der Waals surface area contributed by atoms with Gasteiger partial charge in [0.05, 0.1) is 22.6 Å². The van der Waals surface area contributed by atoms with Crippen LogP contribution in [0.4, 0.5) is 5.69 Å². The second-order valence-corrected chi connectivity index (χ2v) is 8.56. The molecular formula is C22H25ClN2O3S. The summed E-state index contributed by atoms with van der Waals surface area (Å²) >= 11 is 7.41. The van der Waals surface area contributed by atoms with Crippen molar-refractivity contribution in [2.24, 2.45) is 0 Å². The highest BCUT2D eigenvalue weighted by Gasteiger charge is 2.21. The number of halogens is 1. The van der Waals surface area contributed by atoms with Crippen LogP contribution >= 0.6 is 23.4 Å². The van der Waals surface area contributed by atoms with Gasteiger partial charge in [-0.2, -0.15) is 0 Å². The smallest absolute Gasteiger partial charge is 0.253 e. The lowest BCUT2D eigenvalue weighted by Gasteiger charge is -2.17. The van der Waals surface area contributed by atoms with Crippen molar-refractivity contribution in [2.75, 3.05) is 18.5 Å². The van der Waals surface area contributed by atoms with Crippen molar-refractivity contribution in [2.45, 2.75) is 42.4 Å². The van der Waals surface area contributed by atoms with Gasteiger partial charge in [-0.15, -0.1) is 11.8 Å². The summed E-state index contributed by atoms with van der Waals surface area (Å²) in [6, 6.07) is 14.5. The molecule has 0 aromatic heterocycles. The number of benzene rings is 2. The predicted octanol–water partition coefficient (Wildman–Crippen LogP) is 4.76. The maximum Gasteiger partial charge on any atom is 0.253 e. The van der Waals surface area contributed by atoms with E-state index in [4.69, 9.17) is 16.3 Å². The molecule has 1 saturated heterocycles. The number of nitrogens with one attached hydrogen (secondary N) is 2. The Balaban J connectivity index is 1.64. The molecule has 5 nitrogen and oxygen atoms in total. The molecule has 2 atom stereocenters. The average Bonchev–Trinajstić information content (AvgIpc) is 3.25. The number of hydrogen-bond donors (Lipinski definition) is 2. The quantitative estimate of drug-likeness (QED) is 0.590. The number of para-hydroxylation sites is 1. The van der Waals surface area contributed by atoms with E-state index in [0.717, 1.165) is 24.3 Å². The molecule has 1 aliphatic rings. The Morgan fingerprint density at radius 1 is 1.21 bits per heavy atom. The van der Waals surface area contributed by atoms with Crippen LogP contribution in [0, 0.1) is 0 Å². The zero-order valence-electron chi connectivity index (χ0n) is 16.3. The Labute approximate surface area is 180 Å². The third kappa shape index (κ3) is 6.23. The van der Waals surface area contributed by atoms with E-state index in [1.165, 1.54) is 11.8 Å². The van der Waals surface area contributed by atoms with Gasteiger partial charge in [0.2, 0.25) is 5.91 Å². The summed E-state index contributed by atoms with van der Waals surface area (Å²) < 4.78 is 5.55. The maximum absolute atomic E-state index is 12.8. The van der Waals surface area contributed by atoms with Crippen molar-refractivity contribution >= 4 is 40.9 Å². The molecule has 0 spiro atoms. The third-order valence-corrected chi connectivity index (χ3v) is 6.33. The van der Waals surface area contributed by atoms with Gasteiger partial charge in [-0.1, -0.05) is 30.7 Å². The number of thioether (sulfide) groups is 1. The summed E-state index contributed by atoms with van der Waals surface area (Å²) in [4.78, 5) is 26.4. The molecule has 7 heteroatoms. The first-order chi connectivity index (χ1) is 14.1. The first-order valence-corrected chi connectivity index (χ1v) is 11.0. The molecule has 0 bridgehead atoms. The minimum absolute atomic E-state index is 0.0703. The van der Waals surface area contributed by atoms with Gasteiger partial charge >= 0.3 is 0 Å². The lowest BCUT2D eigenvalue weighted by atomic mass is 10.1. The SMILES string of the molecule is CC[C@H](Sc1ccc(Cl)cc1)C(=O)Nc1ccccc1C(=O)NC[C@@H]1CCCO1. The Bertz CT molecular complexity index is 838. The van der Waals surface area contributed by atoms with E-state index in [1.807, 2.05) is 31.2 Å². The van der Waals surface area contributed by atoms with Gasteiger partial charge in [-0.05, 0) is 55.7 Å². The minimum Gasteiger partial charge on any atom is -0.376 e. The van der Waals surface area contributed by atoms with E-state index in [2.05, 4.69) is 10.6 Å². The molecule has 2 aromatic rings. The van der Waals surface area contributed by atoms with Crippen LogP contribution in [-0.4, -0.2) is 36.3 Å². The van der Waals surface area contributed by atoms with Gasteiger partial charge in [0, 0.05) is 23.1 Å². The molecule has 0 radical (unpaired) electrons. The van der Waals surface area contributed by atoms with Gasteiger partial charge in [0.25, 0.3) is 5.91 Å². The Morgan fingerprint density at radius 2 is 1.97 bits per heavy atom. The summed E-state index contributed by atoms with van der Waals surface area (Å²) in [7, 11) is 0. The largest absolute Gasteiger partial charge is 0.376 e. The topological polar surface area (TPSA) is 67.4 Å². The molecule has 0 aliphatic carbocycles. The molecule has 1 aliphatic heterocycles. The summed E-state index contributed by atoms with van der Waals surface area (Å²) in [5, 5.41) is 6.22. The molecule has 2 N–H and O–H groups in total. The molecule has 3 rings (SSSR count). The first kappa shape index (κ1) is 21.7. The van der Waals surface area contributed by atoms with Crippen LogP contribution in [0.3, 0.4) is 0 Å². The third-order valence-electron chi connectivity index (χ3n) is 4.70. The maximum atomic E-state index is 12.8. The molecule has 29 heavy (non-hydrogen) atoms. The fourth-order valence-corrected chi connectivity index (χ4v) is 4.19. The summed E-state index contributed by atoms with van der Waals surface area (Å²) in [6.45, 7) is 3.19. The van der Waals surface area contributed by atoms with E-state index in [9.17, 15) is 9.59 Å². The average molecular weight is 433 g/mol. The van der Waals surface area contributed by atoms with E-state index >= 15 is 0 Å². The van der Waals surface area contributed by atoms with E-state index in [0.29, 0.717) is 29.2 Å². The Morgan fingerprint density at radius 3 is 2.66 bits per heavy atom. The van der Waals surface area contributed by atoms with Crippen molar-refractivity contribution in [3.63, 3.8) is 0 Å². The number of anilines is 1. The summed E-state index contributed by atoms with van der Waals surface area (Å²) in [5.74, 6) is -0.346. The standard InChI is InChI=1S/C22H25ClN2O3S/c1-2-20(29-17-11-9-15(23)10-12-17)22(27)25-19-8-4-3-7-18(19)21(26)24-14-16-6-5-13-28-16/h3-4,7-12,16,20H,2,5-6,13-14H2,1H3,(H,24,26)(H,25,27)/t16-,20-/m0/s1. The van der Waals surface area contributed by atoms with Crippen molar-refractivity contribution in [1.29, 1.82) is 0 Å². The molecule has 2 amide bonds. The number of ether oxygens (including phenoxy) is 1. The molecular weight excluding hydrogens is 408 g/mol. The van der Waals surface area contributed by atoms with Crippen LogP contribution < -0.4 is 10.6 Å². The number of carbonyl (C=O) groups is 2. The van der Waals surface area contributed by atoms with E-state index in [1.54, 1.807) is 24.3 Å². The van der Waals surface area contributed by atoms with Crippen molar-refractivity contribution < 1.29 is 14.3 Å². The van der Waals surface area contributed by atoms with Gasteiger partial charge in [-0.3, -0.25) is 9.59 Å².